The topological polar surface area (TPSA) is 43.6 Å². The third kappa shape index (κ3) is 1.40. The molecule has 1 unspecified atom stereocenters. The highest BCUT2D eigenvalue weighted by atomic mass is 15.1. The van der Waals surface area contributed by atoms with Crippen LogP contribution in [-0.4, -0.2) is 19.5 Å². The van der Waals surface area contributed by atoms with Gasteiger partial charge in [-0.3, -0.25) is 4.57 Å². The highest BCUT2D eigenvalue weighted by Gasteiger charge is 2.35. The first kappa shape index (κ1) is 10.4. The first-order valence-electron chi connectivity index (χ1n) is 5.95. The van der Waals surface area contributed by atoms with Gasteiger partial charge in [-0.1, -0.05) is 26.8 Å². The zero-order valence-corrected chi connectivity index (χ0v) is 10.4. The van der Waals surface area contributed by atoms with Gasteiger partial charge in [0, 0.05) is 11.1 Å². The molecule has 0 aromatic carbocycles. The SMILES string of the molecule is CC1CC=C(n2cnc3cncnc32)C1(C)C. The van der Waals surface area contributed by atoms with Gasteiger partial charge in [-0.2, -0.15) is 0 Å². The van der Waals surface area contributed by atoms with Crippen LogP contribution >= 0.6 is 0 Å². The summed E-state index contributed by atoms with van der Waals surface area (Å²) in [6.45, 7) is 6.85. The van der Waals surface area contributed by atoms with E-state index in [1.165, 1.54) is 5.70 Å². The van der Waals surface area contributed by atoms with Crippen LogP contribution in [0.15, 0.2) is 24.9 Å². The molecular formula is C13H16N4. The number of rotatable bonds is 1. The lowest BCUT2D eigenvalue weighted by atomic mass is 9.81. The molecule has 0 fully saturated rings. The van der Waals surface area contributed by atoms with Crippen molar-refractivity contribution in [2.24, 2.45) is 11.3 Å². The number of hydrogen-bond acceptors (Lipinski definition) is 3. The van der Waals surface area contributed by atoms with Crippen LogP contribution < -0.4 is 0 Å². The zero-order chi connectivity index (χ0) is 12.0. The van der Waals surface area contributed by atoms with Gasteiger partial charge in [0.05, 0.1) is 6.20 Å². The molecule has 17 heavy (non-hydrogen) atoms. The van der Waals surface area contributed by atoms with Gasteiger partial charge >= 0.3 is 0 Å². The van der Waals surface area contributed by atoms with Gasteiger partial charge in [-0.15, -0.1) is 0 Å². The van der Waals surface area contributed by atoms with Crippen molar-refractivity contribution < 1.29 is 0 Å². The van der Waals surface area contributed by atoms with Gasteiger partial charge in [0.25, 0.3) is 0 Å². The Morgan fingerprint density at radius 3 is 2.88 bits per heavy atom. The van der Waals surface area contributed by atoms with Crippen LogP contribution in [0.1, 0.15) is 27.2 Å². The van der Waals surface area contributed by atoms with E-state index in [4.69, 9.17) is 0 Å². The van der Waals surface area contributed by atoms with Crippen molar-refractivity contribution in [2.45, 2.75) is 27.2 Å². The van der Waals surface area contributed by atoms with Gasteiger partial charge in [0.1, 0.15) is 18.2 Å². The van der Waals surface area contributed by atoms with E-state index in [9.17, 15) is 0 Å². The molecular weight excluding hydrogens is 212 g/mol. The Bertz CT molecular complexity index is 594. The van der Waals surface area contributed by atoms with E-state index < -0.39 is 0 Å². The van der Waals surface area contributed by atoms with E-state index in [2.05, 4.69) is 46.4 Å². The first-order chi connectivity index (χ1) is 8.10. The van der Waals surface area contributed by atoms with Crippen LogP contribution in [0.2, 0.25) is 0 Å². The molecule has 0 amide bonds. The zero-order valence-electron chi connectivity index (χ0n) is 10.4. The van der Waals surface area contributed by atoms with Crippen molar-refractivity contribution in [1.82, 2.24) is 19.5 Å². The minimum atomic E-state index is 0.165. The Balaban J connectivity index is 2.17. The molecule has 1 aliphatic rings. The highest BCUT2D eigenvalue weighted by Crippen LogP contribution is 2.45. The fraction of sp³-hybridized carbons (Fsp3) is 0.462. The molecule has 0 saturated heterocycles. The summed E-state index contributed by atoms with van der Waals surface area (Å²) in [5.74, 6) is 0.650. The number of allylic oxidation sites excluding steroid dienone is 2. The Hall–Kier alpha value is -1.71. The van der Waals surface area contributed by atoms with E-state index in [-0.39, 0.29) is 5.41 Å². The second-order valence-electron chi connectivity index (χ2n) is 5.29. The van der Waals surface area contributed by atoms with Crippen molar-refractivity contribution in [2.75, 3.05) is 0 Å². The van der Waals surface area contributed by atoms with Crippen LogP contribution in [0.25, 0.3) is 16.9 Å². The van der Waals surface area contributed by atoms with Crippen molar-refractivity contribution >= 4 is 16.9 Å². The lowest BCUT2D eigenvalue weighted by molar-refractivity contribution is 0.338. The molecule has 88 valence electrons. The van der Waals surface area contributed by atoms with E-state index in [1.54, 1.807) is 12.5 Å². The van der Waals surface area contributed by atoms with Crippen LogP contribution in [0.3, 0.4) is 0 Å². The molecule has 2 aromatic heterocycles. The molecule has 3 rings (SSSR count). The quantitative estimate of drug-likeness (QED) is 0.753. The van der Waals surface area contributed by atoms with Gasteiger partial charge in [0.15, 0.2) is 5.65 Å². The maximum atomic E-state index is 4.35. The van der Waals surface area contributed by atoms with Crippen molar-refractivity contribution in [3.63, 3.8) is 0 Å². The smallest absolute Gasteiger partial charge is 0.167 e. The van der Waals surface area contributed by atoms with Crippen LogP contribution in [0.5, 0.6) is 0 Å². The fourth-order valence-corrected chi connectivity index (χ4v) is 2.45. The van der Waals surface area contributed by atoms with Crippen LogP contribution in [0, 0.1) is 11.3 Å². The number of hydrogen-bond donors (Lipinski definition) is 0. The molecule has 2 aromatic rings. The van der Waals surface area contributed by atoms with Crippen molar-refractivity contribution in [3.8, 4) is 0 Å². The molecule has 0 radical (unpaired) electrons. The number of imidazole rings is 1. The third-order valence-electron chi connectivity index (χ3n) is 4.03. The highest BCUT2D eigenvalue weighted by molar-refractivity contribution is 5.75. The molecule has 2 heterocycles. The normalized spacial score (nSPS) is 23.0. The molecule has 0 N–H and O–H groups in total. The van der Waals surface area contributed by atoms with Gasteiger partial charge in [-0.05, 0) is 12.3 Å². The summed E-state index contributed by atoms with van der Waals surface area (Å²) in [6, 6.07) is 0. The molecule has 4 heteroatoms. The van der Waals surface area contributed by atoms with Gasteiger partial charge < -0.3 is 0 Å². The summed E-state index contributed by atoms with van der Waals surface area (Å²) in [6.07, 6.45) is 8.60. The molecule has 1 aliphatic carbocycles. The Labute approximate surface area is 100 Å². The summed E-state index contributed by atoms with van der Waals surface area (Å²) < 4.78 is 2.10. The van der Waals surface area contributed by atoms with Crippen LogP contribution in [0.4, 0.5) is 0 Å². The second kappa shape index (κ2) is 3.39. The number of aromatic nitrogens is 4. The maximum absolute atomic E-state index is 4.35. The van der Waals surface area contributed by atoms with Gasteiger partial charge in [-0.25, -0.2) is 15.0 Å². The second-order valence-corrected chi connectivity index (χ2v) is 5.29. The van der Waals surface area contributed by atoms with Crippen molar-refractivity contribution in [1.29, 1.82) is 0 Å². The summed E-state index contributed by atoms with van der Waals surface area (Å²) in [5.41, 5.74) is 3.21. The molecule has 0 aliphatic heterocycles. The number of fused-ring (bicyclic) bond motifs is 1. The summed E-state index contributed by atoms with van der Waals surface area (Å²) >= 11 is 0. The van der Waals surface area contributed by atoms with E-state index in [0.717, 1.165) is 17.6 Å². The van der Waals surface area contributed by atoms with Crippen molar-refractivity contribution in [3.05, 3.63) is 24.9 Å². The minimum Gasteiger partial charge on any atom is -0.287 e. The van der Waals surface area contributed by atoms with Gasteiger partial charge in [0.2, 0.25) is 0 Å². The van der Waals surface area contributed by atoms with E-state index >= 15 is 0 Å². The average molecular weight is 228 g/mol. The minimum absolute atomic E-state index is 0.165. The summed E-state index contributed by atoms with van der Waals surface area (Å²) in [4.78, 5) is 12.7. The lowest BCUT2D eigenvalue weighted by Crippen LogP contribution is -2.21. The van der Waals surface area contributed by atoms with Crippen LogP contribution in [-0.2, 0) is 0 Å². The summed E-state index contributed by atoms with van der Waals surface area (Å²) in [5, 5.41) is 0. The number of nitrogens with zero attached hydrogens (tertiary/aromatic N) is 4. The van der Waals surface area contributed by atoms with E-state index in [0.29, 0.717) is 5.92 Å². The molecule has 0 saturated carbocycles. The maximum Gasteiger partial charge on any atom is 0.167 e. The lowest BCUT2D eigenvalue weighted by Gasteiger charge is -2.28. The molecule has 0 bridgehead atoms. The molecule has 1 atom stereocenters. The Morgan fingerprint density at radius 1 is 1.35 bits per heavy atom. The predicted molar refractivity (Wildman–Crippen MR) is 67.2 cm³/mol. The molecule has 4 nitrogen and oxygen atoms in total. The fourth-order valence-electron chi connectivity index (χ4n) is 2.45. The monoisotopic (exact) mass is 228 g/mol. The Kier molecular flexibility index (Phi) is 2.08. The summed E-state index contributed by atoms with van der Waals surface area (Å²) in [7, 11) is 0. The predicted octanol–water partition coefficient (Wildman–Crippen LogP) is 2.73. The third-order valence-corrected chi connectivity index (χ3v) is 4.03. The first-order valence-corrected chi connectivity index (χ1v) is 5.95. The van der Waals surface area contributed by atoms with E-state index in [1.807, 2.05) is 6.33 Å². The largest absolute Gasteiger partial charge is 0.287 e. The Morgan fingerprint density at radius 2 is 2.18 bits per heavy atom. The molecule has 0 spiro atoms. The average Bonchev–Trinajstić information content (AvgIpc) is 2.82. The standard InChI is InChI=1S/C13H16N4/c1-9-4-5-11(13(9,2)3)17-8-16-10-6-14-7-15-12(10)17/h5-9H,4H2,1-3H3.